The quantitative estimate of drug-likeness (QED) is 0.208. The Bertz CT molecular complexity index is 1300. The summed E-state index contributed by atoms with van der Waals surface area (Å²) in [6.07, 6.45) is 0. The van der Waals surface area contributed by atoms with Gasteiger partial charge in [-0.15, -0.1) is 21.5 Å². The number of ketones is 1. The van der Waals surface area contributed by atoms with Crippen LogP contribution in [0.3, 0.4) is 0 Å². The second kappa shape index (κ2) is 12.6. The summed E-state index contributed by atoms with van der Waals surface area (Å²) >= 11 is 2.23. The Morgan fingerprint density at radius 3 is 2.46 bits per heavy atom. The SMILES string of the molecule is CCOC(=O)c1c(NC(=O)CSc2nnc([C@H](C)NC(=O)c3ccccc3)n2CC)sc(C(C)=O)c1C. The highest BCUT2D eigenvalue weighted by Gasteiger charge is 2.26. The van der Waals surface area contributed by atoms with E-state index in [2.05, 4.69) is 20.8 Å². The molecule has 0 spiro atoms. The molecule has 0 fully saturated rings. The molecule has 12 heteroatoms. The molecule has 0 unspecified atom stereocenters. The predicted octanol–water partition coefficient (Wildman–Crippen LogP) is 4.27. The number of benzene rings is 1. The van der Waals surface area contributed by atoms with Crippen molar-refractivity contribution in [3.05, 3.63) is 57.7 Å². The van der Waals surface area contributed by atoms with Gasteiger partial charge in [-0.25, -0.2) is 4.79 Å². The Hall–Kier alpha value is -3.51. The van der Waals surface area contributed by atoms with Crippen LogP contribution >= 0.6 is 23.1 Å². The van der Waals surface area contributed by atoms with Gasteiger partial charge < -0.3 is 19.9 Å². The molecule has 0 saturated heterocycles. The van der Waals surface area contributed by atoms with Crippen molar-refractivity contribution in [3.63, 3.8) is 0 Å². The standard InChI is InChI=1S/C25H29N5O5S2/c1-6-30-21(15(4)26-22(33)17-11-9-8-10-12-17)28-29-25(30)36-13-18(32)27-23-19(24(34)35-7-2)14(3)20(37-23)16(5)31/h8-12,15H,6-7,13H2,1-5H3,(H,26,33)(H,27,32)/t15-/m0/s1. The number of carbonyl (C=O) groups excluding carboxylic acids is 4. The van der Waals surface area contributed by atoms with Gasteiger partial charge in [0.1, 0.15) is 5.00 Å². The highest BCUT2D eigenvalue weighted by atomic mass is 32.2. The number of aromatic nitrogens is 3. The Kier molecular flexibility index (Phi) is 9.59. The first kappa shape index (κ1) is 28.1. The molecule has 2 amide bonds. The zero-order chi connectivity index (χ0) is 27.1. The first-order chi connectivity index (χ1) is 17.7. The summed E-state index contributed by atoms with van der Waals surface area (Å²) in [5.74, 6) is -0.810. The van der Waals surface area contributed by atoms with E-state index in [1.54, 1.807) is 38.1 Å². The lowest BCUT2D eigenvalue weighted by molar-refractivity contribution is -0.113. The van der Waals surface area contributed by atoms with Crippen molar-refractivity contribution >= 4 is 51.7 Å². The highest BCUT2D eigenvalue weighted by Crippen LogP contribution is 2.34. The van der Waals surface area contributed by atoms with Crippen molar-refractivity contribution in [3.8, 4) is 0 Å². The van der Waals surface area contributed by atoms with Crippen LogP contribution in [0.15, 0.2) is 35.5 Å². The number of hydrogen-bond donors (Lipinski definition) is 2. The second-order valence-corrected chi connectivity index (χ2v) is 9.98. The Morgan fingerprint density at radius 2 is 1.84 bits per heavy atom. The maximum Gasteiger partial charge on any atom is 0.341 e. The van der Waals surface area contributed by atoms with E-state index in [-0.39, 0.29) is 40.5 Å². The number of esters is 1. The van der Waals surface area contributed by atoms with Gasteiger partial charge in [0, 0.05) is 12.1 Å². The number of rotatable bonds is 11. The zero-order valence-electron chi connectivity index (χ0n) is 21.3. The number of anilines is 1. The van der Waals surface area contributed by atoms with Crippen LogP contribution in [0, 0.1) is 6.92 Å². The molecule has 3 aromatic rings. The molecule has 2 N–H and O–H groups in total. The molecule has 196 valence electrons. The van der Waals surface area contributed by atoms with Crippen molar-refractivity contribution < 1.29 is 23.9 Å². The van der Waals surface area contributed by atoms with E-state index in [0.29, 0.717) is 33.5 Å². The number of ether oxygens (including phenoxy) is 1. The van der Waals surface area contributed by atoms with E-state index in [1.807, 2.05) is 24.5 Å². The number of thioether (sulfide) groups is 1. The van der Waals surface area contributed by atoms with Crippen LogP contribution in [-0.2, 0) is 16.1 Å². The molecule has 1 aromatic carbocycles. The number of thiophene rings is 1. The van der Waals surface area contributed by atoms with E-state index in [9.17, 15) is 19.2 Å². The molecular formula is C25H29N5O5S2. The molecule has 37 heavy (non-hydrogen) atoms. The fourth-order valence-corrected chi connectivity index (χ4v) is 5.55. The largest absolute Gasteiger partial charge is 0.462 e. The minimum absolute atomic E-state index is 0.00247. The number of carbonyl (C=O) groups is 4. The number of Topliss-reactive ketones (excluding diaryl/α,β-unsaturated/α-hetero) is 1. The highest BCUT2D eigenvalue weighted by molar-refractivity contribution is 7.99. The van der Waals surface area contributed by atoms with E-state index in [4.69, 9.17) is 4.74 Å². The van der Waals surface area contributed by atoms with Crippen LogP contribution in [0.1, 0.15) is 75.5 Å². The van der Waals surface area contributed by atoms with Gasteiger partial charge >= 0.3 is 5.97 Å². The van der Waals surface area contributed by atoms with Crippen LogP contribution in [0.4, 0.5) is 5.00 Å². The van der Waals surface area contributed by atoms with E-state index < -0.39 is 12.0 Å². The normalized spacial score (nSPS) is 11.6. The lowest BCUT2D eigenvalue weighted by atomic mass is 10.1. The minimum atomic E-state index is -0.589. The summed E-state index contributed by atoms with van der Waals surface area (Å²) in [4.78, 5) is 50.1. The monoisotopic (exact) mass is 543 g/mol. The molecule has 0 aliphatic carbocycles. The van der Waals surface area contributed by atoms with Crippen molar-refractivity contribution in [1.29, 1.82) is 0 Å². The first-order valence-electron chi connectivity index (χ1n) is 11.7. The average Bonchev–Trinajstić information content (AvgIpc) is 3.43. The summed E-state index contributed by atoms with van der Waals surface area (Å²) in [6.45, 7) is 9.21. The molecule has 0 aliphatic heterocycles. The third-order valence-electron chi connectivity index (χ3n) is 5.36. The third-order valence-corrected chi connectivity index (χ3v) is 7.64. The number of amides is 2. The van der Waals surface area contributed by atoms with E-state index in [0.717, 1.165) is 11.3 Å². The average molecular weight is 544 g/mol. The summed E-state index contributed by atoms with van der Waals surface area (Å²) < 4.78 is 6.95. The van der Waals surface area contributed by atoms with Crippen molar-refractivity contribution in [1.82, 2.24) is 20.1 Å². The fourth-order valence-electron chi connectivity index (χ4n) is 3.64. The van der Waals surface area contributed by atoms with Crippen LogP contribution < -0.4 is 10.6 Å². The lowest BCUT2D eigenvalue weighted by Gasteiger charge is -2.15. The molecule has 2 heterocycles. The fraction of sp³-hybridized carbons (Fsp3) is 0.360. The predicted molar refractivity (Wildman–Crippen MR) is 142 cm³/mol. The molecule has 10 nitrogen and oxygen atoms in total. The van der Waals surface area contributed by atoms with Gasteiger partial charge in [0.05, 0.1) is 28.8 Å². The summed E-state index contributed by atoms with van der Waals surface area (Å²) in [5, 5.41) is 14.9. The van der Waals surface area contributed by atoms with Gasteiger partial charge in [-0.1, -0.05) is 30.0 Å². The summed E-state index contributed by atoms with van der Waals surface area (Å²) in [7, 11) is 0. The lowest BCUT2D eigenvalue weighted by Crippen LogP contribution is -2.28. The number of hydrogen-bond acceptors (Lipinski definition) is 9. The van der Waals surface area contributed by atoms with Gasteiger partial charge in [0.15, 0.2) is 16.8 Å². The van der Waals surface area contributed by atoms with Gasteiger partial charge in [-0.2, -0.15) is 0 Å². The molecular weight excluding hydrogens is 514 g/mol. The number of nitrogens with one attached hydrogen (secondary N) is 2. The Labute approximate surface area is 223 Å². The van der Waals surface area contributed by atoms with Crippen LogP contribution in [0.25, 0.3) is 0 Å². The summed E-state index contributed by atoms with van der Waals surface area (Å²) in [5.41, 5.74) is 1.22. The molecule has 0 saturated carbocycles. The smallest absolute Gasteiger partial charge is 0.341 e. The second-order valence-electron chi connectivity index (χ2n) is 8.02. The van der Waals surface area contributed by atoms with Gasteiger partial charge in [0.25, 0.3) is 5.91 Å². The van der Waals surface area contributed by atoms with Crippen molar-refractivity contribution in [2.45, 2.75) is 52.4 Å². The maximum absolute atomic E-state index is 12.8. The molecule has 2 aromatic heterocycles. The maximum atomic E-state index is 12.8. The molecule has 0 aliphatic rings. The first-order valence-corrected chi connectivity index (χ1v) is 13.5. The van der Waals surface area contributed by atoms with Gasteiger partial charge in [-0.3, -0.25) is 14.4 Å². The van der Waals surface area contributed by atoms with Crippen LogP contribution in [0.2, 0.25) is 0 Å². The van der Waals surface area contributed by atoms with Crippen molar-refractivity contribution in [2.24, 2.45) is 0 Å². The molecule has 3 rings (SSSR count). The molecule has 0 bridgehead atoms. The summed E-state index contributed by atoms with van der Waals surface area (Å²) in [6, 6.07) is 8.48. The van der Waals surface area contributed by atoms with Crippen LogP contribution in [-0.4, -0.2) is 50.7 Å². The molecule has 1 atom stereocenters. The van der Waals surface area contributed by atoms with E-state index >= 15 is 0 Å². The zero-order valence-corrected chi connectivity index (χ0v) is 22.9. The van der Waals surface area contributed by atoms with Crippen LogP contribution in [0.5, 0.6) is 0 Å². The topological polar surface area (TPSA) is 132 Å². The van der Waals surface area contributed by atoms with Crippen molar-refractivity contribution in [2.75, 3.05) is 17.7 Å². The van der Waals surface area contributed by atoms with E-state index in [1.165, 1.54) is 18.7 Å². The van der Waals surface area contributed by atoms with Gasteiger partial charge in [-0.05, 0) is 52.3 Å². The van der Waals surface area contributed by atoms with Gasteiger partial charge in [0.2, 0.25) is 5.91 Å². The minimum Gasteiger partial charge on any atom is -0.462 e. The Balaban J connectivity index is 1.70. The molecule has 0 radical (unpaired) electrons. The number of nitrogens with zero attached hydrogens (tertiary/aromatic N) is 3. The Morgan fingerprint density at radius 1 is 1.14 bits per heavy atom. The third kappa shape index (κ3) is 6.63.